The minimum Gasteiger partial charge on any atom is -0.462 e. The number of benzene rings is 3. The summed E-state index contributed by atoms with van der Waals surface area (Å²) in [5, 5.41) is 8.24. The first-order valence-corrected chi connectivity index (χ1v) is 14.8. The largest absolute Gasteiger partial charge is 0.462 e. The third kappa shape index (κ3) is 3.47. The summed E-state index contributed by atoms with van der Waals surface area (Å²) >= 11 is 0. The van der Waals surface area contributed by atoms with Crippen molar-refractivity contribution in [1.82, 2.24) is 19.8 Å². The van der Waals surface area contributed by atoms with Gasteiger partial charge in [-0.3, -0.25) is 14.9 Å². The maximum absolute atomic E-state index is 13.9. The molecule has 4 heterocycles. The highest BCUT2D eigenvalue weighted by Crippen LogP contribution is 2.56. The second-order valence-corrected chi connectivity index (χ2v) is 13.0. The standard InChI is InChI=1S/C33H31N5O6/c1-32(2,3)44-31(42)35-12-13-43-30(41)33(34)15-16-14-21(33)38-20-11-7-5-9-18(20)23-25-24(28(39)36-29(25)40)22-17-8-4-6-10-19(17)37(16)26(22)27(23)38/h4-11,16,21H,12-15,34H2,1-3H3,(H,35,42)(H,36,39,40)/t16-,21?,33-/m0/s1. The van der Waals surface area contributed by atoms with Gasteiger partial charge >= 0.3 is 12.1 Å². The molecule has 2 bridgehead atoms. The molecule has 5 aromatic rings. The average molecular weight is 594 g/mol. The number of hydrogen-bond donors (Lipinski definition) is 3. The van der Waals surface area contributed by atoms with E-state index in [1.54, 1.807) is 20.8 Å². The van der Waals surface area contributed by atoms with Crippen molar-refractivity contribution in [2.75, 3.05) is 13.2 Å². The maximum atomic E-state index is 13.9. The molecule has 1 aliphatic carbocycles. The molecule has 11 nitrogen and oxygen atoms in total. The van der Waals surface area contributed by atoms with Crippen molar-refractivity contribution >= 4 is 67.5 Å². The van der Waals surface area contributed by atoms with Crippen molar-refractivity contribution in [2.45, 2.75) is 56.8 Å². The molecule has 3 aromatic carbocycles. The zero-order chi connectivity index (χ0) is 30.7. The molecule has 2 aromatic heterocycles. The molecular weight excluding hydrogens is 562 g/mol. The summed E-state index contributed by atoms with van der Waals surface area (Å²) in [7, 11) is 0. The first kappa shape index (κ1) is 26.7. The number of nitrogens with one attached hydrogen (secondary N) is 2. The van der Waals surface area contributed by atoms with E-state index in [0.717, 1.165) is 38.2 Å². The van der Waals surface area contributed by atoms with Crippen molar-refractivity contribution in [3.8, 4) is 0 Å². The lowest BCUT2D eigenvalue weighted by molar-refractivity contribution is -0.151. The Balaban J connectivity index is 1.31. The lowest BCUT2D eigenvalue weighted by Gasteiger charge is -2.32. The highest BCUT2D eigenvalue weighted by atomic mass is 16.6. The monoisotopic (exact) mass is 593 g/mol. The zero-order valence-corrected chi connectivity index (χ0v) is 24.5. The number of imide groups is 1. The Hall–Kier alpha value is -4.90. The van der Waals surface area contributed by atoms with Crippen molar-refractivity contribution in [3.63, 3.8) is 0 Å². The summed E-state index contributed by atoms with van der Waals surface area (Å²) < 4.78 is 15.3. The van der Waals surface area contributed by atoms with Crippen LogP contribution >= 0.6 is 0 Å². The number of aromatic nitrogens is 2. The SMILES string of the molecule is CC(C)(C)OC(=O)NCCOC(=O)[C@]1(N)C[C@@H]2CC1n1c3ccccc3c3c4c(c5c6ccccc6n2c5c31)C(=O)NC4=O. The van der Waals surface area contributed by atoms with E-state index in [9.17, 15) is 19.2 Å². The van der Waals surface area contributed by atoms with E-state index in [2.05, 4.69) is 19.8 Å². The topological polar surface area (TPSA) is 147 Å². The molecule has 0 saturated heterocycles. The van der Waals surface area contributed by atoms with E-state index in [-0.39, 0.29) is 19.2 Å². The molecular formula is C33H31N5O6. The van der Waals surface area contributed by atoms with Gasteiger partial charge in [0.1, 0.15) is 17.7 Å². The molecule has 2 aliphatic heterocycles. The molecule has 0 spiro atoms. The van der Waals surface area contributed by atoms with Gasteiger partial charge in [0.15, 0.2) is 0 Å². The van der Waals surface area contributed by atoms with E-state index in [4.69, 9.17) is 15.2 Å². The zero-order valence-electron chi connectivity index (χ0n) is 24.5. The summed E-state index contributed by atoms with van der Waals surface area (Å²) in [4.78, 5) is 52.7. The number of amides is 3. The Morgan fingerprint density at radius 3 is 2.14 bits per heavy atom. The van der Waals surface area contributed by atoms with Crippen molar-refractivity contribution in [2.24, 2.45) is 5.73 Å². The predicted octanol–water partition coefficient (Wildman–Crippen LogP) is 4.44. The fraction of sp³-hybridized carbons (Fsp3) is 0.333. The Kier molecular flexibility index (Phi) is 5.35. The molecule has 3 atom stereocenters. The van der Waals surface area contributed by atoms with Crippen molar-refractivity contribution in [1.29, 1.82) is 0 Å². The van der Waals surface area contributed by atoms with Crippen LogP contribution in [0.15, 0.2) is 48.5 Å². The molecule has 1 saturated carbocycles. The molecule has 3 aliphatic rings. The van der Waals surface area contributed by atoms with E-state index in [0.29, 0.717) is 29.4 Å². The molecule has 4 N–H and O–H groups in total. The van der Waals surface area contributed by atoms with E-state index >= 15 is 0 Å². The van der Waals surface area contributed by atoms with Crippen LogP contribution in [0.2, 0.25) is 0 Å². The van der Waals surface area contributed by atoms with Gasteiger partial charge in [-0.05, 0) is 45.7 Å². The third-order valence-electron chi connectivity index (χ3n) is 9.20. The minimum absolute atomic E-state index is 0.0701. The second-order valence-electron chi connectivity index (χ2n) is 13.0. The van der Waals surface area contributed by atoms with Gasteiger partial charge < -0.3 is 29.7 Å². The first-order chi connectivity index (χ1) is 21.0. The van der Waals surface area contributed by atoms with Crippen molar-refractivity contribution < 1.29 is 28.7 Å². The van der Waals surface area contributed by atoms with Crippen LogP contribution in [0.5, 0.6) is 0 Å². The van der Waals surface area contributed by atoms with E-state index in [1.165, 1.54) is 0 Å². The van der Waals surface area contributed by atoms with Crippen LogP contribution in [0.4, 0.5) is 4.79 Å². The van der Waals surface area contributed by atoms with Gasteiger partial charge in [-0.2, -0.15) is 0 Å². The third-order valence-corrected chi connectivity index (χ3v) is 9.20. The first-order valence-electron chi connectivity index (χ1n) is 14.8. The summed E-state index contributed by atoms with van der Waals surface area (Å²) in [5.41, 5.74) is 9.18. The van der Waals surface area contributed by atoms with E-state index < -0.39 is 41.1 Å². The number of alkyl carbamates (subject to hydrolysis) is 1. The van der Waals surface area contributed by atoms with Gasteiger partial charge in [0, 0.05) is 38.6 Å². The van der Waals surface area contributed by atoms with Crippen LogP contribution in [0.25, 0.3) is 43.6 Å². The number of rotatable bonds is 4. The molecule has 0 radical (unpaired) electrons. The lowest BCUT2D eigenvalue weighted by atomic mass is 9.92. The Bertz CT molecular complexity index is 2140. The van der Waals surface area contributed by atoms with Crippen molar-refractivity contribution in [3.05, 3.63) is 59.7 Å². The summed E-state index contributed by atoms with van der Waals surface area (Å²) in [6, 6.07) is 14.9. The molecule has 1 fully saturated rings. The fourth-order valence-corrected chi connectivity index (χ4v) is 7.71. The molecule has 44 heavy (non-hydrogen) atoms. The molecule has 3 amide bonds. The number of carbonyl (C=O) groups is 4. The normalized spacial score (nSPS) is 22.2. The van der Waals surface area contributed by atoms with Gasteiger partial charge in [0.2, 0.25) is 0 Å². The maximum Gasteiger partial charge on any atom is 0.407 e. The van der Waals surface area contributed by atoms with Crippen LogP contribution in [0, 0.1) is 0 Å². The number of carbonyl (C=O) groups excluding carboxylic acids is 4. The fourth-order valence-electron chi connectivity index (χ4n) is 7.71. The molecule has 11 heteroatoms. The van der Waals surface area contributed by atoms with Crippen LogP contribution in [-0.4, -0.2) is 57.3 Å². The smallest absolute Gasteiger partial charge is 0.407 e. The van der Waals surface area contributed by atoms with Crippen LogP contribution in [-0.2, 0) is 14.3 Å². The summed E-state index contributed by atoms with van der Waals surface area (Å²) in [5.74, 6) is -1.40. The second kappa shape index (κ2) is 8.82. The van der Waals surface area contributed by atoms with Gasteiger partial charge in [0.05, 0.1) is 34.7 Å². The van der Waals surface area contributed by atoms with E-state index in [1.807, 2.05) is 48.5 Å². The van der Waals surface area contributed by atoms with Gasteiger partial charge in [-0.1, -0.05) is 36.4 Å². The Morgan fingerprint density at radius 2 is 1.52 bits per heavy atom. The van der Waals surface area contributed by atoms with Crippen LogP contribution in [0.3, 0.4) is 0 Å². The number of nitrogens with zero attached hydrogens (tertiary/aromatic N) is 2. The Labute approximate surface area is 251 Å². The minimum atomic E-state index is -1.40. The number of nitrogens with two attached hydrogens (primary N) is 1. The number of para-hydroxylation sites is 2. The van der Waals surface area contributed by atoms with Crippen LogP contribution < -0.4 is 16.4 Å². The summed E-state index contributed by atoms with van der Waals surface area (Å²) in [6.07, 6.45) is 0.253. The van der Waals surface area contributed by atoms with Gasteiger partial charge in [0.25, 0.3) is 11.8 Å². The number of esters is 1. The van der Waals surface area contributed by atoms with Gasteiger partial charge in [-0.15, -0.1) is 0 Å². The lowest BCUT2D eigenvalue weighted by Crippen LogP contribution is -2.53. The Morgan fingerprint density at radius 1 is 0.955 bits per heavy atom. The highest BCUT2D eigenvalue weighted by Gasteiger charge is 2.55. The number of ether oxygens (including phenoxy) is 2. The van der Waals surface area contributed by atoms with Crippen LogP contribution in [0.1, 0.15) is 66.4 Å². The average Bonchev–Trinajstić information content (AvgIpc) is 3.65. The highest BCUT2D eigenvalue weighted by molar-refractivity contribution is 6.39. The summed E-state index contributed by atoms with van der Waals surface area (Å²) in [6.45, 7) is 5.31. The predicted molar refractivity (Wildman–Crippen MR) is 164 cm³/mol. The molecule has 8 rings (SSSR count). The van der Waals surface area contributed by atoms with Gasteiger partial charge in [-0.25, -0.2) is 9.59 Å². The molecule has 1 unspecified atom stereocenters. The number of hydrogen-bond acceptors (Lipinski definition) is 7. The quantitative estimate of drug-likeness (QED) is 0.159. The molecule has 224 valence electrons. The number of fused-ring (bicyclic) bond motifs is 13.